The number of rotatable bonds is 5. The van der Waals surface area contributed by atoms with Crippen molar-refractivity contribution in [3.63, 3.8) is 0 Å². The van der Waals surface area contributed by atoms with Gasteiger partial charge in [-0.25, -0.2) is 0 Å². The molecule has 0 saturated carbocycles. The minimum atomic E-state index is 0.275. The smallest absolute Gasteiger partial charge is 0.243 e. The Bertz CT molecular complexity index is 337. The molecule has 96 valence electrons. The zero-order valence-corrected chi connectivity index (χ0v) is 10.9. The lowest BCUT2D eigenvalue weighted by atomic mass is 9.90. The molecule has 0 spiro atoms. The third-order valence-electron chi connectivity index (χ3n) is 3.63. The van der Waals surface area contributed by atoms with Crippen LogP contribution < -0.4 is 5.32 Å². The SMILES string of the molecule is CCCCc1noc(C2CC(CC)CCN2)n1. The van der Waals surface area contributed by atoms with Gasteiger partial charge in [0.2, 0.25) is 5.89 Å². The summed E-state index contributed by atoms with van der Waals surface area (Å²) < 4.78 is 5.37. The number of unbranched alkanes of at least 4 members (excludes halogenated alkanes) is 1. The van der Waals surface area contributed by atoms with Gasteiger partial charge in [0.05, 0.1) is 6.04 Å². The Balaban J connectivity index is 1.94. The molecule has 0 aromatic carbocycles. The summed E-state index contributed by atoms with van der Waals surface area (Å²) in [5, 5.41) is 7.53. The van der Waals surface area contributed by atoms with Crippen LogP contribution in [0.1, 0.15) is 63.7 Å². The van der Waals surface area contributed by atoms with Crippen molar-refractivity contribution in [2.75, 3.05) is 6.54 Å². The summed E-state index contributed by atoms with van der Waals surface area (Å²) in [6.45, 7) is 5.50. The number of piperidine rings is 1. The van der Waals surface area contributed by atoms with Crippen LogP contribution in [0.2, 0.25) is 0 Å². The van der Waals surface area contributed by atoms with Crippen LogP contribution >= 0.6 is 0 Å². The van der Waals surface area contributed by atoms with Gasteiger partial charge in [0.25, 0.3) is 0 Å². The highest BCUT2D eigenvalue weighted by Crippen LogP contribution is 2.28. The van der Waals surface area contributed by atoms with Crippen molar-refractivity contribution in [3.05, 3.63) is 11.7 Å². The molecule has 0 bridgehead atoms. The third-order valence-corrected chi connectivity index (χ3v) is 3.63. The van der Waals surface area contributed by atoms with E-state index in [-0.39, 0.29) is 6.04 Å². The van der Waals surface area contributed by atoms with E-state index in [2.05, 4.69) is 29.3 Å². The largest absolute Gasteiger partial charge is 0.338 e. The zero-order chi connectivity index (χ0) is 12.1. The lowest BCUT2D eigenvalue weighted by Gasteiger charge is -2.27. The summed E-state index contributed by atoms with van der Waals surface area (Å²) in [6, 6.07) is 0.275. The summed E-state index contributed by atoms with van der Waals surface area (Å²) in [6.07, 6.45) is 6.88. The minimum Gasteiger partial charge on any atom is -0.338 e. The number of aryl methyl sites for hydroxylation is 1. The monoisotopic (exact) mass is 237 g/mol. The van der Waals surface area contributed by atoms with E-state index in [1.165, 1.54) is 19.3 Å². The Kier molecular flexibility index (Phi) is 4.54. The molecular formula is C13H23N3O. The molecule has 4 heteroatoms. The van der Waals surface area contributed by atoms with Crippen molar-refractivity contribution < 1.29 is 4.52 Å². The van der Waals surface area contributed by atoms with Gasteiger partial charge in [0.1, 0.15) is 0 Å². The molecule has 1 aromatic heterocycles. The van der Waals surface area contributed by atoms with Gasteiger partial charge in [0.15, 0.2) is 5.82 Å². The van der Waals surface area contributed by atoms with E-state index in [1.807, 2.05) is 0 Å². The first-order valence-corrected chi connectivity index (χ1v) is 6.89. The Labute approximate surface area is 103 Å². The van der Waals surface area contributed by atoms with Gasteiger partial charge in [-0.05, 0) is 31.7 Å². The first-order chi connectivity index (χ1) is 8.33. The molecule has 0 aliphatic carbocycles. The van der Waals surface area contributed by atoms with E-state index in [1.54, 1.807) is 0 Å². The Morgan fingerprint density at radius 1 is 1.41 bits per heavy atom. The maximum Gasteiger partial charge on any atom is 0.243 e. The predicted molar refractivity (Wildman–Crippen MR) is 66.7 cm³/mol. The summed E-state index contributed by atoms with van der Waals surface area (Å²) in [5.74, 6) is 2.45. The van der Waals surface area contributed by atoms with Gasteiger partial charge >= 0.3 is 0 Å². The maximum atomic E-state index is 5.37. The van der Waals surface area contributed by atoms with Gasteiger partial charge in [-0.2, -0.15) is 4.98 Å². The van der Waals surface area contributed by atoms with Gasteiger partial charge < -0.3 is 9.84 Å². The highest BCUT2D eigenvalue weighted by atomic mass is 16.5. The van der Waals surface area contributed by atoms with Crippen LogP contribution in [0, 0.1) is 5.92 Å². The van der Waals surface area contributed by atoms with Crippen molar-refractivity contribution in [3.8, 4) is 0 Å². The number of nitrogens with zero attached hydrogens (tertiary/aromatic N) is 2. The van der Waals surface area contributed by atoms with Crippen LogP contribution in [-0.2, 0) is 6.42 Å². The molecular weight excluding hydrogens is 214 g/mol. The fourth-order valence-electron chi connectivity index (χ4n) is 2.40. The minimum absolute atomic E-state index is 0.275. The standard InChI is InChI=1S/C13H23N3O/c1-3-5-6-12-15-13(17-16-12)11-9-10(4-2)7-8-14-11/h10-11,14H,3-9H2,1-2H3. The normalized spacial score (nSPS) is 25.1. The lowest BCUT2D eigenvalue weighted by molar-refractivity contribution is 0.245. The van der Waals surface area contributed by atoms with E-state index < -0.39 is 0 Å². The number of nitrogens with one attached hydrogen (secondary N) is 1. The summed E-state index contributed by atoms with van der Waals surface area (Å²) in [7, 11) is 0. The molecule has 1 aliphatic heterocycles. The highest BCUT2D eigenvalue weighted by molar-refractivity contribution is 4.95. The van der Waals surface area contributed by atoms with Crippen molar-refractivity contribution in [1.29, 1.82) is 0 Å². The third kappa shape index (κ3) is 3.28. The van der Waals surface area contributed by atoms with Crippen LogP contribution in [-0.4, -0.2) is 16.7 Å². The van der Waals surface area contributed by atoms with Crippen molar-refractivity contribution in [2.24, 2.45) is 5.92 Å². The fourth-order valence-corrected chi connectivity index (χ4v) is 2.40. The predicted octanol–water partition coefficient (Wildman–Crippen LogP) is 2.86. The van der Waals surface area contributed by atoms with E-state index in [0.29, 0.717) is 0 Å². The topological polar surface area (TPSA) is 51.0 Å². The van der Waals surface area contributed by atoms with E-state index in [0.717, 1.165) is 43.4 Å². The molecule has 1 fully saturated rings. The Morgan fingerprint density at radius 3 is 3.06 bits per heavy atom. The van der Waals surface area contributed by atoms with Crippen molar-refractivity contribution in [2.45, 2.75) is 58.4 Å². The highest BCUT2D eigenvalue weighted by Gasteiger charge is 2.25. The molecule has 0 radical (unpaired) electrons. The summed E-state index contributed by atoms with van der Waals surface area (Å²) in [4.78, 5) is 4.50. The first kappa shape index (κ1) is 12.6. The second kappa shape index (κ2) is 6.15. The first-order valence-electron chi connectivity index (χ1n) is 6.89. The van der Waals surface area contributed by atoms with Gasteiger partial charge in [-0.1, -0.05) is 31.8 Å². The molecule has 2 rings (SSSR count). The van der Waals surface area contributed by atoms with E-state index in [9.17, 15) is 0 Å². The molecule has 17 heavy (non-hydrogen) atoms. The van der Waals surface area contributed by atoms with Crippen molar-refractivity contribution in [1.82, 2.24) is 15.5 Å². The molecule has 1 aromatic rings. The zero-order valence-electron chi connectivity index (χ0n) is 10.9. The molecule has 4 nitrogen and oxygen atoms in total. The van der Waals surface area contributed by atoms with Crippen molar-refractivity contribution >= 4 is 0 Å². The molecule has 1 N–H and O–H groups in total. The lowest BCUT2D eigenvalue weighted by Crippen LogP contribution is -2.31. The van der Waals surface area contributed by atoms with Crippen LogP contribution in [0.4, 0.5) is 0 Å². The number of hydrogen-bond donors (Lipinski definition) is 1. The Hall–Kier alpha value is -0.900. The Morgan fingerprint density at radius 2 is 2.29 bits per heavy atom. The second-order valence-corrected chi connectivity index (χ2v) is 4.96. The molecule has 2 heterocycles. The molecule has 0 amide bonds. The van der Waals surface area contributed by atoms with Crippen LogP contribution in [0.5, 0.6) is 0 Å². The van der Waals surface area contributed by atoms with Gasteiger partial charge in [-0.15, -0.1) is 0 Å². The van der Waals surface area contributed by atoms with Crippen LogP contribution in [0.3, 0.4) is 0 Å². The average molecular weight is 237 g/mol. The molecule has 1 aliphatic rings. The average Bonchev–Trinajstić information content (AvgIpc) is 2.85. The quantitative estimate of drug-likeness (QED) is 0.855. The summed E-state index contributed by atoms with van der Waals surface area (Å²) >= 11 is 0. The number of hydrogen-bond acceptors (Lipinski definition) is 4. The van der Waals surface area contributed by atoms with E-state index in [4.69, 9.17) is 4.52 Å². The fraction of sp³-hybridized carbons (Fsp3) is 0.846. The maximum absolute atomic E-state index is 5.37. The molecule has 1 saturated heterocycles. The second-order valence-electron chi connectivity index (χ2n) is 4.96. The molecule has 2 unspecified atom stereocenters. The van der Waals surface area contributed by atoms with E-state index >= 15 is 0 Å². The van der Waals surface area contributed by atoms with Crippen LogP contribution in [0.15, 0.2) is 4.52 Å². The summed E-state index contributed by atoms with van der Waals surface area (Å²) in [5.41, 5.74) is 0. The molecule has 2 atom stereocenters. The number of aromatic nitrogens is 2. The van der Waals surface area contributed by atoms with Gasteiger partial charge in [-0.3, -0.25) is 0 Å². The van der Waals surface area contributed by atoms with Crippen LogP contribution in [0.25, 0.3) is 0 Å². The van der Waals surface area contributed by atoms with Gasteiger partial charge in [0, 0.05) is 6.42 Å².